The summed E-state index contributed by atoms with van der Waals surface area (Å²) in [6.07, 6.45) is 0. The van der Waals surface area contributed by atoms with Crippen molar-refractivity contribution in [3.8, 4) is 0 Å². The van der Waals surface area contributed by atoms with Crippen molar-refractivity contribution in [2.24, 2.45) is 0 Å². The highest BCUT2D eigenvalue weighted by molar-refractivity contribution is 6.09. The lowest BCUT2D eigenvalue weighted by atomic mass is 10.1. The molecule has 29 heavy (non-hydrogen) atoms. The van der Waals surface area contributed by atoms with Gasteiger partial charge in [-0.15, -0.1) is 0 Å². The SMILES string of the molecule is COCCNC(=O)c1ccccc1NC(=O)c1ccc(CN2CCOCC2)cc1. The molecule has 7 heteroatoms. The predicted molar refractivity (Wildman–Crippen MR) is 111 cm³/mol. The number of nitrogens with zero attached hydrogens (tertiary/aromatic N) is 1. The minimum absolute atomic E-state index is 0.250. The second kappa shape index (κ2) is 10.7. The lowest BCUT2D eigenvalue weighted by Gasteiger charge is -2.26. The highest BCUT2D eigenvalue weighted by atomic mass is 16.5. The Labute approximate surface area is 171 Å². The Morgan fingerprint density at radius 3 is 2.48 bits per heavy atom. The Kier molecular flexibility index (Phi) is 7.75. The van der Waals surface area contributed by atoms with Gasteiger partial charge in [0.05, 0.1) is 31.1 Å². The molecule has 2 N–H and O–H groups in total. The quantitative estimate of drug-likeness (QED) is 0.668. The maximum absolute atomic E-state index is 12.7. The molecule has 0 unspecified atom stereocenters. The van der Waals surface area contributed by atoms with E-state index in [0.717, 1.165) is 38.4 Å². The number of carbonyl (C=O) groups is 2. The summed E-state index contributed by atoms with van der Waals surface area (Å²) in [7, 11) is 1.58. The molecule has 1 aliphatic heterocycles. The molecule has 3 rings (SSSR count). The lowest BCUT2D eigenvalue weighted by molar-refractivity contribution is 0.0342. The highest BCUT2D eigenvalue weighted by Gasteiger charge is 2.15. The number of anilines is 1. The molecule has 1 heterocycles. The van der Waals surface area contributed by atoms with Crippen LogP contribution in [0.5, 0.6) is 0 Å². The fourth-order valence-electron chi connectivity index (χ4n) is 3.13. The average molecular weight is 397 g/mol. The molecule has 2 aromatic carbocycles. The Bertz CT molecular complexity index is 817. The Hall–Kier alpha value is -2.74. The van der Waals surface area contributed by atoms with Gasteiger partial charge in [-0.2, -0.15) is 0 Å². The standard InChI is InChI=1S/C22H27N3O4/c1-28-13-10-23-22(27)19-4-2-3-5-20(19)24-21(26)18-8-6-17(7-9-18)16-25-11-14-29-15-12-25/h2-9H,10-16H2,1H3,(H,23,27)(H,24,26). The number of rotatable bonds is 8. The number of carbonyl (C=O) groups excluding carboxylic acids is 2. The highest BCUT2D eigenvalue weighted by Crippen LogP contribution is 2.17. The van der Waals surface area contributed by atoms with Gasteiger partial charge in [0.1, 0.15) is 0 Å². The summed E-state index contributed by atoms with van der Waals surface area (Å²) in [5.41, 5.74) is 2.59. The molecule has 1 aliphatic rings. The van der Waals surface area contributed by atoms with E-state index >= 15 is 0 Å². The average Bonchev–Trinajstić information content (AvgIpc) is 2.75. The number of amides is 2. The first kappa shape index (κ1) is 21.0. The fourth-order valence-corrected chi connectivity index (χ4v) is 3.13. The number of hydrogen-bond donors (Lipinski definition) is 2. The van der Waals surface area contributed by atoms with Gasteiger partial charge >= 0.3 is 0 Å². The maximum atomic E-state index is 12.7. The van der Waals surface area contributed by atoms with Crippen LogP contribution in [0, 0.1) is 0 Å². The first-order valence-electron chi connectivity index (χ1n) is 9.74. The second-order valence-corrected chi connectivity index (χ2v) is 6.83. The summed E-state index contributed by atoms with van der Waals surface area (Å²) in [4.78, 5) is 27.4. The number of nitrogens with one attached hydrogen (secondary N) is 2. The van der Waals surface area contributed by atoms with Gasteiger partial charge < -0.3 is 20.1 Å². The van der Waals surface area contributed by atoms with Crippen LogP contribution in [0.4, 0.5) is 5.69 Å². The topological polar surface area (TPSA) is 79.9 Å². The van der Waals surface area contributed by atoms with Crippen molar-refractivity contribution in [1.29, 1.82) is 0 Å². The third kappa shape index (κ3) is 6.12. The largest absolute Gasteiger partial charge is 0.383 e. The van der Waals surface area contributed by atoms with Crippen LogP contribution in [0.3, 0.4) is 0 Å². The van der Waals surface area contributed by atoms with Crippen LogP contribution < -0.4 is 10.6 Å². The van der Waals surface area contributed by atoms with Crippen molar-refractivity contribution in [2.75, 3.05) is 51.9 Å². The van der Waals surface area contributed by atoms with Crippen LogP contribution >= 0.6 is 0 Å². The normalized spacial score (nSPS) is 14.4. The Morgan fingerprint density at radius 1 is 1.03 bits per heavy atom. The van der Waals surface area contributed by atoms with E-state index in [1.165, 1.54) is 0 Å². The molecule has 154 valence electrons. The zero-order valence-corrected chi connectivity index (χ0v) is 16.6. The van der Waals surface area contributed by atoms with Crippen LogP contribution in [0.25, 0.3) is 0 Å². The van der Waals surface area contributed by atoms with Gasteiger partial charge in [-0.1, -0.05) is 24.3 Å². The Morgan fingerprint density at radius 2 is 1.76 bits per heavy atom. The molecule has 1 fully saturated rings. The molecule has 0 radical (unpaired) electrons. The smallest absolute Gasteiger partial charge is 0.255 e. The number of ether oxygens (including phenoxy) is 2. The van der Waals surface area contributed by atoms with Crippen molar-refractivity contribution in [3.63, 3.8) is 0 Å². The van der Waals surface area contributed by atoms with Crippen LogP contribution in [0.1, 0.15) is 26.3 Å². The van der Waals surface area contributed by atoms with E-state index in [9.17, 15) is 9.59 Å². The van der Waals surface area contributed by atoms with E-state index in [4.69, 9.17) is 9.47 Å². The molecule has 0 aromatic heterocycles. The van der Waals surface area contributed by atoms with Crippen LogP contribution in [-0.4, -0.2) is 63.3 Å². The Balaban J connectivity index is 1.62. The summed E-state index contributed by atoms with van der Waals surface area (Å²) < 4.78 is 10.3. The van der Waals surface area contributed by atoms with Gasteiger partial charge in [0, 0.05) is 38.9 Å². The number of para-hydroxylation sites is 1. The van der Waals surface area contributed by atoms with Gasteiger partial charge in [0.2, 0.25) is 0 Å². The second-order valence-electron chi connectivity index (χ2n) is 6.83. The molecule has 0 atom stereocenters. The van der Waals surface area contributed by atoms with E-state index in [1.807, 2.05) is 24.3 Å². The third-order valence-electron chi connectivity index (χ3n) is 4.74. The van der Waals surface area contributed by atoms with Crippen LogP contribution in [0.15, 0.2) is 48.5 Å². The molecule has 2 amide bonds. The molecule has 2 aromatic rings. The van der Waals surface area contributed by atoms with Crippen LogP contribution in [-0.2, 0) is 16.0 Å². The van der Waals surface area contributed by atoms with Crippen molar-refractivity contribution in [2.45, 2.75) is 6.54 Å². The molecule has 0 spiro atoms. The van der Waals surface area contributed by atoms with Crippen molar-refractivity contribution in [1.82, 2.24) is 10.2 Å². The van der Waals surface area contributed by atoms with Gasteiger partial charge in [0.25, 0.3) is 11.8 Å². The predicted octanol–water partition coefficient (Wildman–Crippen LogP) is 2.15. The van der Waals surface area contributed by atoms with Crippen molar-refractivity contribution >= 4 is 17.5 Å². The molecular weight excluding hydrogens is 370 g/mol. The third-order valence-corrected chi connectivity index (χ3v) is 4.74. The van der Waals surface area contributed by atoms with Crippen LogP contribution in [0.2, 0.25) is 0 Å². The minimum atomic E-state index is -0.251. The number of hydrogen-bond acceptors (Lipinski definition) is 5. The first-order valence-corrected chi connectivity index (χ1v) is 9.74. The van der Waals surface area contributed by atoms with Crippen molar-refractivity contribution < 1.29 is 19.1 Å². The fraction of sp³-hybridized carbons (Fsp3) is 0.364. The molecule has 1 saturated heterocycles. The molecule has 7 nitrogen and oxygen atoms in total. The maximum Gasteiger partial charge on any atom is 0.255 e. The monoisotopic (exact) mass is 397 g/mol. The summed E-state index contributed by atoms with van der Waals surface area (Å²) >= 11 is 0. The summed E-state index contributed by atoms with van der Waals surface area (Å²) in [5, 5.41) is 5.61. The number of morpholine rings is 1. The van der Waals surface area contributed by atoms with Gasteiger partial charge in [-0.3, -0.25) is 14.5 Å². The van der Waals surface area contributed by atoms with E-state index < -0.39 is 0 Å². The van der Waals surface area contributed by atoms with E-state index in [0.29, 0.717) is 30.0 Å². The lowest BCUT2D eigenvalue weighted by Crippen LogP contribution is -2.35. The summed E-state index contributed by atoms with van der Waals surface area (Å²) in [6, 6.07) is 14.5. The number of methoxy groups -OCH3 is 1. The molecule has 0 bridgehead atoms. The first-order chi connectivity index (χ1) is 14.2. The molecular formula is C22H27N3O4. The van der Waals surface area contributed by atoms with Crippen molar-refractivity contribution in [3.05, 3.63) is 65.2 Å². The number of benzene rings is 2. The zero-order valence-electron chi connectivity index (χ0n) is 16.6. The summed E-state index contributed by atoms with van der Waals surface area (Å²) in [6.45, 7) is 5.05. The van der Waals surface area contributed by atoms with E-state index in [1.54, 1.807) is 31.4 Å². The van der Waals surface area contributed by atoms with Gasteiger partial charge in [-0.25, -0.2) is 0 Å². The summed E-state index contributed by atoms with van der Waals surface area (Å²) in [5.74, 6) is -0.501. The van der Waals surface area contributed by atoms with Gasteiger partial charge in [-0.05, 0) is 29.8 Å². The van der Waals surface area contributed by atoms with Gasteiger partial charge in [0.15, 0.2) is 0 Å². The molecule has 0 aliphatic carbocycles. The molecule has 0 saturated carbocycles. The minimum Gasteiger partial charge on any atom is -0.383 e. The zero-order chi connectivity index (χ0) is 20.5. The van der Waals surface area contributed by atoms with E-state index in [-0.39, 0.29) is 11.8 Å². The van der Waals surface area contributed by atoms with E-state index in [2.05, 4.69) is 15.5 Å².